The van der Waals surface area contributed by atoms with Gasteiger partial charge in [0.2, 0.25) is 0 Å². The third-order valence-corrected chi connectivity index (χ3v) is 3.72. The Morgan fingerprint density at radius 1 is 1.16 bits per heavy atom. The average Bonchev–Trinajstić information content (AvgIpc) is 2.47. The highest BCUT2D eigenvalue weighted by Gasteiger charge is 2.14. The van der Waals surface area contributed by atoms with Gasteiger partial charge in [-0.3, -0.25) is 0 Å². The van der Waals surface area contributed by atoms with E-state index >= 15 is 0 Å². The maximum absolute atomic E-state index is 8.88. The Labute approximate surface area is 121 Å². The van der Waals surface area contributed by atoms with Crippen molar-refractivity contribution in [2.24, 2.45) is 0 Å². The molecule has 1 heterocycles. The summed E-state index contributed by atoms with van der Waals surface area (Å²) in [6.07, 6.45) is 5.33. The van der Waals surface area contributed by atoms with Crippen molar-refractivity contribution in [3.63, 3.8) is 0 Å². The molecule has 0 atom stereocenters. The summed E-state index contributed by atoms with van der Waals surface area (Å²) in [5.74, 6) is 0. The fraction of sp³-hybridized carbons (Fsp3) is 0.333. The summed E-state index contributed by atoms with van der Waals surface area (Å²) in [5.41, 5.74) is 2.17. The molecule has 1 aliphatic heterocycles. The van der Waals surface area contributed by atoms with Gasteiger partial charge in [0.1, 0.15) is 17.7 Å². The van der Waals surface area contributed by atoms with Gasteiger partial charge in [0.05, 0.1) is 0 Å². The lowest BCUT2D eigenvalue weighted by Crippen LogP contribution is -2.29. The van der Waals surface area contributed by atoms with Crippen LogP contribution >= 0.6 is 15.9 Å². The SMILES string of the molecule is N#CC(C#N)=Cc1ccc(Br)cc1N1CCCCC1. The third kappa shape index (κ3) is 3.36. The van der Waals surface area contributed by atoms with E-state index in [0.29, 0.717) is 0 Å². The van der Waals surface area contributed by atoms with E-state index in [2.05, 4.69) is 26.9 Å². The van der Waals surface area contributed by atoms with Crippen LogP contribution in [-0.2, 0) is 0 Å². The summed E-state index contributed by atoms with van der Waals surface area (Å²) in [6.45, 7) is 2.07. The van der Waals surface area contributed by atoms with E-state index in [1.807, 2.05) is 24.3 Å². The molecule has 1 aromatic rings. The number of allylic oxidation sites excluding steroid dienone is 1. The van der Waals surface area contributed by atoms with Crippen LogP contribution in [-0.4, -0.2) is 13.1 Å². The van der Waals surface area contributed by atoms with Gasteiger partial charge >= 0.3 is 0 Å². The summed E-state index contributed by atoms with van der Waals surface area (Å²) >= 11 is 3.49. The number of hydrogen-bond donors (Lipinski definition) is 0. The van der Waals surface area contributed by atoms with Crippen molar-refractivity contribution < 1.29 is 0 Å². The highest BCUT2D eigenvalue weighted by Crippen LogP contribution is 2.29. The van der Waals surface area contributed by atoms with Crippen LogP contribution in [0.25, 0.3) is 6.08 Å². The van der Waals surface area contributed by atoms with Gasteiger partial charge in [0.25, 0.3) is 0 Å². The van der Waals surface area contributed by atoms with Gasteiger partial charge in [0.15, 0.2) is 0 Å². The van der Waals surface area contributed by atoms with E-state index < -0.39 is 0 Å². The van der Waals surface area contributed by atoms with Crippen molar-refractivity contribution in [2.75, 3.05) is 18.0 Å². The van der Waals surface area contributed by atoms with Gasteiger partial charge in [-0.25, -0.2) is 0 Å². The van der Waals surface area contributed by atoms with Crippen LogP contribution in [0.3, 0.4) is 0 Å². The lowest BCUT2D eigenvalue weighted by molar-refractivity contribution is 0.577. The van der Waals surface area contributed by atoms with Crippen LogP contribution in [0.15, 0.2) is 28.2 Å². The molecule has 0 N–H and O–H groups in total. The molecule has 1 fully saturated rings. The van der Waals surface area contributed by atoms with Crippen LogP contribution in [0.4, 0.5) is 5.69 Å². The van der Waals surface area contributed by atoms with Crippen LogP contribution in [0, 0.1) is 22.7 Å². The Balaban J connectivity index is 2.41. The molecule has 1 aromatic carbocycles. The van der Waals surface area contributed by atoms with Gasteiger partial charge in [-0.15, -0.1) is 0 Å². The first-order chi connectivity index (χ1) is 9.24. The summed E-state index contributed by atoms with van der Waals surface area (Å²) in [4.78, 5) is 2.33. The average molecular weight is 316 g/mol. The molecule has 96 valence electrons. The molecule has 0 unspecified atom stereocenters. The number of benzene rings is 1. The van der Waals surface area contributed by atoms with Crippen LogP contribution in [0.1, 0.15) is 24.8 Å². The number of nitrogens with zero attached hydrogens (tertiary/aromatic N) is 3. The minimum absolute atomic E-state index is 0.139. The molecule has 0 saturated carbocycles. The molecule has 0 bridgehead atoms. The first kappa shape index (κ1) is 13.6. The van der Waals surface area contributed by atoms with Gasteiger partial charge < -0.3 is 4.90 Å². The molecule has 0 aliphatic carbocycles. The van der Waals surface area contributed by atoms with Crippen molar-refractivity contribution in [3.8, 4) is 12.1 Å². The summed E-state index contributed by atoms with van der Waals surface area (Å²) in [5, 5.41) is 17.8. The van der Waals surface area contributed by atoms with E-state index in [4.69, 9.17) is 10.5 Å². The highest BCUT2D eigenvalue weighted by molar-refractivity contribution is 9.10. The van der Waals surface area contributed by atoms with Crippen LogP contribution in [0.5, 0.6) is 0 Å². The molecule has 19 heavy (non-hydrogen) atoms. The van der Waals surface area contributed by atoms with E-state index in [0.717, 1.165) is 28.8 Å². The van der Waals surface area contributed by atoms with Crippen molar-refractivity contribution >= 4 is 27.7 Å². The molecule has 1 saturated heterocycles. The second kappa shape index (κ2) is 6.41. The second-order valence-corrected chi connectivity index (χ2v) is 5.45. The smallest absolute Gasteiger partial charge is 0.130 e. The van der Waals surface area contributed by atoms with E-state index in [1.165, 1.54) is 19.3 Å². The topological polar surface area (TPSA) is 50.8 Å². The van der Waals surface area contributed by atoms with E-state index in [9.17, 15) is 0 Å². The maximum atomic E-state index is 8.88. The van der Waals surface area contributed by atoms with Crippen molar-refractivity contribution in [1.29, 1.82) is 10.5 Å². The fourth-order valence-electron chi connectivity index (χ4n) is 2.29. The van der Waals surface area contributed by atoms with Crippen molar-refractivity contribution in [3.05, 3.63) is 33.8 Å². The normalized spacial score (nSPS) is 14.4. The Morgan fingerprint density at radius 2 is 1.84 bits per heavy atom. The Bertz CT molecular complexity index is 556. The Kier molecular flexibility index (Phi) is 4.60. The summed E-state index contributed by atoms with van der Waals surface area (Å²) < 4.78 is 1.01. The van der Waals surface area contributed by atoms with Gasteiger partial charge in [-0.1, -0.05) is 22.0 Å². The standard InChI is InChI=1S/C15H14BrN3/c16-14-5-4-13(8-12(10-17)11-18)15(9-14)19-6-2-1-3-7-19/h4-5,8-9H,1-3,6-7H2. The zero-order chi connectivity index (χ0) is 13.7. The molecule has 0 amide bonds. The number of hydrogen-bond acceptors (Lipinski definition) is 3. The predicted octanol–water partition coefficient (Wildman–Crippen LogP) is 3.87. The van der Waals surface area contributed by atoms with E-state index in [1.54, 1.807) is 6.08 Å². The Hall–Kier alpha value is -1.78. The highest BCUT2D eigenvalue weighted by atomic mass is 79.9. The Morgan fingerprint density at radius 3 is 2.47 bits per heavy atom. The maximum Gasteiger partial charge on any atom is 0.130 e. The van der Waals surface area contributed by atoms with E-state index in [-0.39, 0.29) is 5.57 Å². The first-order valence-corrected chi connectivity index (χ1v) is 7.10. The second-order valence-electron chi connectivity index (χ2n) is 4.53. The zero-order valence-electron chi connectivity index (χ0n) is 10.6. The van der Waals surface area contributed by atoms with Gasteiger partial charge in [0, 0.05) is 23.2 Å². The number of nitriles is 2. The molecule has 1 aliphatic rings. The van der Waals surface area contributed by atoms with Crippen molar-refractivity contribution in [2.45, 2.75) is 19.3 Å². The molecular weight excluding hydrogens is 302 g/mol. The van der Waals surface area contributed by atoms with Gasteiger partial charge in [-0.2, -0.15) is 10.5 Å². The lowest BCUT2D eigenvalue weighted by atomic mass is 10.1. The number of anilines is 1. The third-order valence-electron chi connectivity index (χ3n) is 3.23. The summed E-state index contributed by atoms with van der Waals surface area (Å²) in [7, 11) is 0. The fourth-order valence-corrected chi connectivity index (χ4v) is 2.64. The molecule has 4 heteroatoms. The predicted molar refractivity (Wildman–Crippen MR) is 79.4 cm³/mol. The quantitative estimate of drug-likeness (QED) is 0.778. The molecule has 0 spiro atoms. The number of rotatable bonds is 2. The molecule has 0 aromatic heterocycles. The molecule has 3 nitrogen and oxygen atoms in total. The largest absolute Gasteiger partial charge is 0.371 e. The monoisotopic (exact) mass is 315 g/mol. The van der Waals surface area contributed by atoms with Crippen LogP contribution in [0.2, 0.25) is 0 Å². The first-order valence-electron chi connectivity index (χ1n) is 6.31. The molecule has 0 radical (unpaired) electrons. The number of piperidine rings is 1. The van der Waals surface area contributed by atoms with Gasteiger partial charge in [-0.05, 0) is 43.0 Å². The zero-order valence-corrected chi connectivity index (χ0v) is 12.2. The van der Waals surface area contributed by atoms with Crippen molar-refractivity contribution in [1.82, 2.24) is 0 Å². The lowest BCUT2D eigenvalue weighted by Gasteiger charge is -2.30. The summed E-state index contributed by atoms with van der Waals surface area (Å²) in [6, 6.07) is 9.77. The molecular formula is C15H14BrN3. The minimum atomic E-state index is 0.139. The minimum Gasteiger partial charge on any atom is -0.371 e. The number of halogens is 1. The molecule has 2 rings (SSSR count). The van der Waals surface area contributed by atoms with Crippen LogP contribution < -0.4 is 4.90 Å².